The molecule has 0 atom stereocenters. The fourth-order valence-electron chi connectivity index (χ4n) is 1.85. The van der Waals surface area contributed by atoms with Gasteiger partial charge in [-0.25, -0.2) is 0 Å². The average Bonchev–Trinajstić information content (AvgIpc) is 2.15. The van der Waals surface area contributed by atoms with E-state index in [1.54, 1.807) is 0 Å². The van der Waals surface area contributed by atoms with Crippen LogP contribution >= 0.6 is 0 Å². The first-order valence-corrected chi connectivity index (χ1v) is 9.45. The summed E-state index contributed by atoms with van der Waals surface area (Å²) in [5.41, 5.74) is 0. The molecule has 1 aliphatic carbocycles. The van der Waals surface area contributed by atoms with Crippen molar-refractivity contribution >= 4 is 8.32 Å². The Labute approximate surface area is 102 Å². The Morgan fingerprint density at radius 2 is 1.62 bits per heavy atom. The van der Waals surface area contributed by atoms with Gasteiger partial charge in [-0.05, 0) is 49.7 Å². The van der Waals surface area contributed by atoms with Gasteiger partial charge in [0.05, 0.1) is 6.10 Å². The second kappa shape index (κ2) is 5.19. The summed E-state index contributed by atoms with van der Waals surface area (Å²) in [4.78, 5) is 0. The largest absolute Gasteiger partial charge is 0.417 e. The molecule has 0 saturated heterocycles. The van der Waals surface area contributed by atoms with Crippen LogP contribution in [0.25, 0.3) is 0 Å². The van der Waals surface area contributed by atoms with Gasteiger partial charge in [-0.3, -0.25) is 0 Å². The second-order valence-electron chi connectivity index (χ2n) is 6.75. The van der Waals surface area contributed by atoms with Crippen LogP contribution in [0.3, 0.4) is 0 Å². The Balaban J connectivity index is 2.34. The predicted octanol–water partition coefficient (Wildman–Crippen LogP) is 3.56. The normalized spacial score (nSPS) is 28.1. The van der Waals surface area contributed by atoms with Gasteiger partial charge in [-0.1, -0.05) is 20.8 Å². The molecule has 96 valence electrons. The van der Waals surface area contributed by atoms with Crippen LogP contribution in [0.15, 0.2) is 0 Å². The highest BCUT2D eigenvalue weighted by Gasteiger charge is 2.37. The van der Waals surface area contributed by atoms with Crippen LogP contribution in [-0.2, 0) is 4.43 Å². The van der Waals surface area contributed by atoms with E-state index in [4.69, 9.17) is 4.43 Å². The molecule has 0 radical (unpaired) electrons. The van der Waals surface area contributed by atoms with Crippen molar-refractivity contribution < 1.29 is 9.53 Å². The van der Waals surface area contributed by atoms with Crippen LogP contribution in [0.1, 0.15) is 46.5 Å². The summed E-state index contributed by atoms with van der Waals surface area (Å²) in [5, 5.41) is 9.76. The fourth-order valence-corrected chi connectivity index (χ4v) is 2.94. The first-order chi connectivity index (χ1) is 7.22. The minimum Gasteiger partial charge on any atom is -0.417 e. The van der Waals surface area contributed by atoms with Crippen molar-refractivity contribution in [2.75, 3.05) is 6.61 Å². The van der Waals surface area contributed by atoms with Gasteiger partial charge >= 0.3 is 0 Å². The molecule has 0 aliphatic heterocycles. The molecule has 0 unspecified atom stereocenters. The molecule has 0 heterocycles. The lowest BCUT2D eigenvalue weighted by Crippen LogP contribution is -2.42. The molecule has 0 bridgehead atoms. The molecular formula is C13H28O2Si. The average molecular weight is 244 g/mol. The third kappa shape index (κ3) is 3.86. The summed E-state index contributed by atoms with van der Waals surface area (Å²) in [6.45, 7) is 12.4. The summed E-state index contributed by atoms with van der Waals surface area (Å²) in [6, 6.07) is 0. The van der Waals surface area contributed by atoms with Crippen LogP contribution < -0.4 is 0 Å². The zero-order valence-corrected chi connectivity index (χ0v) is 12.5. The smallest absolute Gasteiger partial charge is 0.191 e. The zero-order valence-electron chi connectivity index (χ0n) is 11.5. The van der Waals surface area contributed by atoms with E-state index in [-0.39, 0.29) is 6.10 Å². The van der Waals surface area contributed by atoms with E-state index >= 15 is 0 Å². The van der Waals surface area contributed by atoms with Gasteiger partial charge in [0.1, 0.15) is 0 Å². The van der Waals surface area contributed by atoms with Gasteiger partial charge < -0.3 is 9.53 Å². The Hall–Kier alpha value is 0.137. The number of hydrogen-bond acceptors (Lipinski definition) is 2. The highest BCUT2D eigenvalue weighted by atomic mass is 28.4. The summed E-state index contributed by atoms with van der Waals surface area (Å²) >= 11 is 0. The van der Waals surface area contributed by atoms with Crippen LogP contribution in [0.4, 0.5) is 0 Å². The molecule has 0 aromatic heterocycles. The maximum absolute atomic E-state index is 9.45. The standard InChI is InChI=1S/C13H28O2Si/c1-13(2,3)16(4,5)15-10-11-6-8-12(14)9-7-11/h11-12,14H,6-10H2,1-5H3. The lowest BCUT2D eigenvalue weighted by atomic mass is 9.88. The van der Waals surface area contributed by atoms with Gasteiger partial charge in [0.15, 0.2) is 8.32 Å². The molecule has 0 aromatic rings. The molecular weight excluding hydrogens is 216 g/mol. The zero-order chi connectivity index (χ0) is 12.4. The molecule has 1 N–H and O–H groups in total. The van der Waals surface area contributed by atoms with Gasteiger partial charge in [-0.15, -0.1) is 0 Å². The molecule has 1 fully saturated rings. The number of aliphatic hydroxyl groups excluding tert-OH is 1. The number of aliphatic hydroxyl groups is 1. The van der Waals surface area contributed by atoms with E-state index in [0.29, 0.717) is 11.0 Å². The summed E-state index contributed by atoms with van der Waals surface area (Å²) in [7, 11) is -1.57. The van der Waals surface area contributed by atoms with Gasteiger partial charge in [-0.2, -0.15) is 0 Å². The maximum Gasteiger partial charge on any atom is 0.191 e. The Morgan fingerprint density at radius 1 is 1.12 bits per heavy atom. The van der Waals surface area contributed by atoms with Gasteiger partial charge in [0.25, 0.3) is 0 Å². The summed E-state index contributed by atoms with van der Waals surface area (Å²) in [5.74, 6) is 0.678. The van der Waals surface area contributed by atoms with E-state index in [9.17, 15) is 5.11 Å². The molecule has 0 spiro atoms. The molecule has 2 nitrogen and oxygen atoms in total. The van der Waals surface area contributed by atoms with Gasteiger partial charge in [0, 0.05) is 6.61 Å². The molecule has 0 amide bonds. The van der Waals surface area contributed by atoms with Crippen LogP contribution in [0.5, 0.6) is 0 Å². The summed E-state index contributed by atoms with van der Waals surface area (Å²) < 4.78 is 6.23. The van der Waals surface area contributed by atoms with Crippen LogP contribution in [0.2, 0.25) is 18.1 Å². The predicted molar refractivity (Wildman–Crippen MR) is 71.1 cm³/mol. The van der Waals surface area contributed by atoms with Crippen molar-refractivity contribution in [3.05, 3.63) is 0 Å². The molecule has 16 heavy (non-hydrogen) atoms. The molecule has 1 rings (SSSR count). The molecule has 1 aliphatic rings. The number of hydrogen-bond donors (Lipinski definition) is 1. The lowest BCUT2D eigenvalue weighted by Gasteiger charge is -2.38. The van der Waals surface area contributed by atoms with E-state index in [1.807, 2.05) is 0 Å². The van der Waals surface area contributed by atoms with Gasteiger partial charge in [0.2, 0.25) is 0 Å². The highest BCUT2D eigenvalue weighted by molar-refractivity contribution is 6.74. The minimum atomic E-state index is -1.57. The van der Waals surface area contributed by atoms with Crippen molar-refractivity contribution in [1.29, 1.82) is 0 Å². The number of rotatable bonds is 3. The third-order valence-electron chi connectivity index (χ3n) is 4.30. The Morgan fingerprint density at radius 3 is 2.06 bits per heavy atom. The van der Waals surface area contributed by atoms with Crippen molar-refractivity contribution in [3.63, 3.8) is 0 Å². The third-order valence-corrected chi connectivity index (χ3v) is 8.80. The highest BCUT2D eigenvalue weighted by Crippen LogP contribution is 2.37. The Bertz CT molecular complexity index is 212. The van der Waals surface area contributed by atoms with Crippen molar-refractivity contribution in [2.45, 2.75) is 70.7 Å². The molecule has 3 heteroatoms. The van der Waals surface area contributed by atoms with E-state index in [0.717, 1.165) is 32.3 Å². The topological polar surface area (TPSA) is 29.5 Å². The minimum absolute atomic E-state index is 0.0517. The second-order valence-corrected chi connectivity index (χ2v) is 11.6. The Kier molecular flexibility index (Phi) is 4.61. The summed E-state index contributed by atoms with van der Waals surface area (Å²) in [6.07, 6.45) is 4.15. The SMILES string of the molecule is CC(C)(C)[Si](C)(C)OCC1CCC(O)CC1. The van der Waals surface area contributed by atoms with E-state index in [1.165, 1.54) is 0 Å². The van der Waals surface area contributed by atoms with Crippen LogP contribution in [0, 0.1) is 5.92 Å². The van der Waals surface area contributed by atoms with Crippen LogP contribution in [-0.4, -0.2) is 26.1 Å². The monoisotopic (exact) mass is 244 g/mol. The molecule has 1 saturated carbocycles. The van der Waals surface area contributed by atoms with E-state index < -0.39 is 8.32 Å². The molecule has 0 aromatic carbocycles. The lowest BCUT2D eigenvalue weighted by molar-refractivity contribution is 0.0890. The van der Waals surface area contributed by atoms with Crippen molar-refractivity contribution in [1.82, 2.24) is 0 Å². The first kappa shape index (κ1) is 14.2. The van der Waals surface area contributed by atoms with Crippen molar-refractivity contribution in [3.8, 4) is 0 Å². The fraction of sp³-hybridized carbons (Fsp3) is 1.00. The first-order valence-electron chi connectivity index (χ1n) is 6.54. The maximum atomic E-state index is 9.45. The van der Waals surface area contributed by atoms with E-state index in [2.05, 4.69) is 33.9 Å². The van der Waals surface area contributed by atoms with Crippen molar-refractivity contribution in [2.24, 2.45) is 5.92 Å². The quantitative estimate of drug-likeness (QED) is 0.769.